The zero-order valence-electron chi connectivity index (χ0n) is 4.93. The van der Waals surface area contributed by atoms with Crippen LogP contribution < -0.4 is 5.73 Å². The van der Waals surface area contributed by atoms with Gasteiger partial charge in [-0.3, -0.25) is 0 Å². The highest BCUT2D eigenvalue weighted by Gasteiger charge is 2.01. The minimum atomic E-state index is 0. The lowest BCUT2D eigenvalue weighted by atomic mass is 10.5. The van der Waals surface area contributed by atoms with E-state index in [0.717, 1.165) is 4.88 Å². The molecule has 1 aromatic rings. The van der Waals surface area contributed by atoms with Crippen molar-refractivity contribution in [3.63, 3.8) is 0 Å². The average Bonchev–Trinajstić information content (AvgIpc) is 2.13. The van der Waals surface area contributed by atoms with E-state index in [1.807, 2.05) is 0 Å². The maximum Gasteiger partial charge on any atom is 0.112 e. The van der Waals surface area contributed by atoms with Gasteiger partial charge in [-0.15, -0.1) is 23.7 Å². The topological polar surface area (TPSA) is 26.0 Å². The number of rotatable bonds is 1. The van der Waals surface area contributed by atoms with Gasteiger partial charge in [0.2, 0.25) is 0 Å². The van der Waals surface area contributed by atoms with E-state index in [2.05, 4.69) is 0 Å². The van der Waals surface area contributed by atoms with Crippen molar-refractivity contribution >= 4 is 46.9 Å². The van der Waals surface area contributed by atoms with Crippen LogP contribution in [0.2, 0.25) is 9.36 Å². The van der Waals surface area contributed by atoms with Crippen LogP contribution in [0.4, 0.5) is 0 Å². The van der Waals surface area contributed by atoms with Gasteiger partial charge in [-0.2, -0.15) is 0 Å². The molecular weight excluding hydrogens is 212 g/mol. The molecule has 0 bridgehead atoms. The molecule has 0 amide bonds. The molecular formula is C5H6Cl3NS. The van der Waals surface area contributed by atoms with Crippen molar-refractivity contribution in [2.24, 2.45) is 5.73 Å². The second-order valence-corrected chi connectivity index (χ2v) is 3.68. The predicted octanol–water partition coefficient (Wildman–Crippen LogP) is 2.94. The Kier molecular flexibility index (Phi) is 4.65. The predicted molar refractivity (Wildman–Crippen MR) is 49.5 cm³/mol. The van der Waals surface area contributed by atoms with Crippen LogP contribution in [0.15, 0.2) is 6.07 Å². The third-order valence-corrected chi connectivity index (χ3v) is 2.79. The standard InChI is InChI=1S/C5H5Cl2NS.ClH/c6-4-1-3(2-8)9-5(4)7;/h1H,2,8H2;1H. The summed E-state index contributed by atoms with van der Waals surface area (Å²) in [6, 6.07) is 1.79. The van der Waals surface area contributed by atoms with Crippen LogP contribution >= 0.6 is 46.9 Å². The highest BCUT2D eigenvalue weighted by atomic mass is 35.5. The molecule has 0 fully saturated rings. The first-order valence-electron chi connectivity index (χ1n) is 2.38. The van der Waals surface area contributed by atoms with Crippen LogP contribution in [0.1, 0.15) is 4.88 Å². The Bertz CT molecular complexity index is 191. The van der Waals surface area contributed by atoms with Gasteiger partial charge >= 0.3 is 0 Å². The highest BCUT2D eigenvalue weighted by molar-refractivity contribution is 7.16. The van der Waals surface area contributed by atoms with E-state index in [1.165, 1.54) is 11.3 Å². The van der Waals surface area contributed by atoms with Crippen LogP contribution in [0.5, 0.6) is 0 Å². The Balaban J connectivity index is 0.000000810. The quantitative estimate of drug-likeness (QED) is 0.771. The van der Waals surface area contributed by atoms with Crippen molar-refractivity contribution in [3.05, 3.63) is 20.3 Å². The molecule has 0 atom stereocenters. The average molecular weight is 219 g/mol. The molecule has 0 aliphatic carbocycles. The van der Waals surface area contributed by atoms with Crippen molar-refractivity contribution < 1.29 is 0 Å². The first kappa shape index (κ1) is 10.5. The Hall–Kier alpha value is 0.530. The molecule has 0 aliphatic rings. The SMILES string of the molecule is Cl.NCc1cc(Cl)c(Cl)s1. The molecule has 0 saturated heterocycles. The third kappa shape index (κ3) is 2.29. The maximum atomic E-state index is 5.64. The molecule has 0 aliphatic heterocycles. The smallest absolute Gasteiger partial charge is 0.112 e. The van der Waals surface area contributed by atoms with E-state index in [0.29, 0.717) is 15.9 Å². The van der Waals surface area contributed by atoms with Crippen LogP contribution in [0.25, 0.3) is 0 Å². The molecule has 1 rings (SSSR count). The van der Waals surface area contributed by atoms with Crippen LogP contribution in [-0.4, -0.2) is 0 Å². The molecule has 1 heterocycles. The lowest BCUT2D eigenvalue weighted by Crippen LogP contribution is -1.91. The summed E-state index contributed by atoms with van der Waals surface area (Å²) in [6.07, 6.45) is 0. The number of hydrogen-bond acceptors (Lipinski definition) is 2. The lowest BCUT2D eigenvalue weighted by molar-refractivity contribution is 1.11. The summed E-state index contributed by atoms with van der Waals surface area (Å²) in [5.41, 5.74) is 5.33. The lowest BCUT2D eigenvalue weighted by Gasteiger charge is -1.80. The molecule has 5 heteroatoms. The van der Waals surface area contributed by atoms with Gasteiger partial charge in [0.15, 0.2) is 0 Å². The van der Waals surface area contributed by atoms with E-state index in [1.54, 1.807) is 6.07 Å². The summed E-state index contributed by atoms with van der Waals surface area (Å²) in [5.74, 6) is 0. The van der Waals surface area contributed by atoms with Crippen LogP contribution in [-0.2, 0) is 6.54 Å². The van der Waals surface area contributed by atoms with Crippen molar-refractivity contribution in [1.29, 1.82) is 0 Å². The normalized spacial score (nSPS) is 9.10. The van der Waals surface area contributed by atoms with Crippen LogP contribution in [0, 0.1) is 0 Å². The van der Waals surface area contributed by atoms with Crippen molar-refractivity contribution in [3.8, 4) is 0 Å². The van der Waals surface area contributed by atoms with Gasteiger partial charge in [0.25, 0.3) is 0 Å². The molecule has 0 radical (unpaired) electrons. The molecule has 2 N–H and O–H groups in total. The van der Waals surface area contributed by atoms with Crippen molar-refractivity contribution in [2.75, 3.05) is 0 Å². The number of halogens is 3. The molecule has 1 nitrogen and oxygen atoms in total. The van der Waals surface area contributed by atoms with Gasteiger partial charge in [0, 0.05) is 11.4 Å². The molecule has 0 unspecified atom stereocenters. The summed E-state index contributed by atoms with van der Waals surface area (Å²) in [6.45, 7) is 0.511. The van der Waals surface area contributed by atoms with Gasteiger partial charge in [-0.25, -0.2) is 0 Å². The first-order valence-corrected chi connectivity index (χ1v) is 3.95. The number of hydrogen-bond donors (Lipinski definition) is 1. The summed E-state index contributed by atoms with van der Waals surface area (Å²) in [4.78, 5) is 1.02. The highest BCUT2D eigenvalue weighted by Crippen LogP contribution is 2.30. The van der Waals surface area contributed by atoms with E-state index in [9.17, 15) is 0 Å². The minimum Gasteiger partial charge on any atom is -0.326 e. The minimum absolute atomic E-state index is 0. The van der Waals surface area contributed by atoms with Gasteiger partial charge in [0.1, 0.15) is 4.34 Å². The molecule has 10 heavy (non-hydrogen) atoms. The monoisotopic (exact) mass is 217 g/mol. The fraction of sp³-hybridized carbons (Fsp3) is 0.200. The maximum absolute atomic E-state index is 5.64. The fourth-order valence-corrected chi connectivity index (χ4v) is 1.80. The van der Waals surface area contributed by atoms with E-state index in [4.69, 9.17) is 28.9 Å². The summed E-state index contributed by atoms with van der Waals surface area (Å²) in [7, 11) is 0. The van der Waals surface area contributed by atoms with Gasteiger partial charge in [0.05, 0.1) is 5.02 Å². The number of thiophene rings is 1. The Morgan fingerprint density at radius 3 is 2.30 bits per heavy atom. The van der Waals surface area contributed by atoms with Crippen LogP contribution in [0.3, 0.4) is 0 Å². The second kappa shape index (κ2) is 4.42. The summed E-state index contributed by atoms with van der Waals surface area (Å²) < 4.78 is 0.622. The molecule has 1 aromatic heterocycles. The summed E-state index contributed by atoms with van der Waals surface area (Å²) >= 11 is 12.7. The molecule has 0 saturated carbocycles. The number of nitrogens with two attached hydrogens (primary N) is 1. The van der Waals surface area contributed by atoms with Crippen molar-refractivity contribution in [2.45, 2.75) is 6.54 Å². The molecule has 0 spiro atoms. The van der Waals surface area contributed by atoms with E-state index in [-0.39, 0.29) is 12.4 Å². The zero-order valence-corrected chi connectivity index (χ0v) is 8.08. The Labute approximate surface area is 79.5 Å². The largest absolute Gasteiger partial charge is 0.326 e. The Morgan fingerprint density at radius 1 is 1.50 bits per heavy atom. The molecule has 0 aromatic carbocycles. The van der Waals surface area contributed by atoms with Gasteiger partial charge in [-0.1, -0.05) is 23.2 Å². The van der Waals surface area contributed by atoms with E-state index < -0.39 is 0 Å². The third-order valence-electron chi connectivity index (χ3n) is 0.897. The zero-order chi connectivity index (χ0) is 6.85. The van der Waals surface area contributed by atoms with Gasteiger partial charge in [-0.05, 0) is 6.07 Å². The van der Waals surface area contributed by atoms with Gasteiger partial charge < -0.3 is 5.73 Å². The second-order valence-electron chi connectivity index (χ2n) is 1.54. The Morgan fingerprint density at radius 2 is 2.10 bits per heavy atom. The van der Waals surface area contributed by atoms with Crippen molar-refractivity contribution in [1.82, 2.24) is 0 Å². The molecule has 58 valence electrons. The van der Waals surface area contributed by atoms with E-state index >= 15 is 0 Å². The first-order chi connectivity index (χ1) is 4.24. The summed E-state index contributed by atoms with van der Waals surface area (Å²) in [5, 5.41) is 0.599. The fourth-order valence-electron chi connectivity index (χ4n) is 0.492.